The van der Waals surface area contributed by atoms with Gasteiger partial charge in [-0.15, -0.1) is 0 Å². The third-order valence-electron chi connectivity index (χ3n) is 3.96. The van der Waals surface area contributed by atoms with Crippen LogP contribution in [0.25, 0.3) is 0 Å². The zero-order valence-corrected chi connectivity index (χ0v) is 12.2. The minimum atomic E-state index is -0.877. The van der Waals surface area contributed by atoms with Crippen molar-refractivity contribution in [3.63, 3.8) is 0 Å². The second-order valence-electron chi connectivity index (χ2n) is 5.40. The summed E-state index contributed by atoms with van der Waals surface area (Å²) in [5.41, 5.74) is 2.33. The zero-order valence-electron chi connectivity index (χ0n) is 12.2. The average Bonchev–Trinajstić information content (AvgIpc) is 2.83. The smallest absolute Gasteiger partial charge is 0.321 e. The molecule has 2 heterocycles. The molecule has 114 valence electrons. The van der Waals surface area contributed by atoms with Crippen molar-refractivity contribution in [2.24, 2.45) is 0 Å². The number of carbonyl (C=O) groups excluding carboxylic acids is 1. The Morgan fingerprint density at radius 2 is 2.09 bits per heavy atom. The van der Waals surface area contributed by atoms with Crippen molar-refractivity contribution in [2.75, 3.05) is 0 Å². The van der Waals surface area contributed by atoms with Crippen molar-refractivity contribution in [3.05, 3.63) is 53.1 Å². The van der Waals surface area contributed by atoms with E-state index in [0.717, 1.165) is 17.2 Å². The van der Waals surface area contributed by atoms with Gasteiger partial charge in [0.1, 0.15) is 11.9 Å². The van der Waals surface area contributed by atoms with Crippen molar-refractivity contribution in [2.45, 2.75) is 32.5 Å². The number of aliphatic carboxylic acids is 1. The van der Waals surface area contributed by atoms with Gasteiger partial charge in [-0.1, -0.05) is 30.3 Å². The van der Waals surface area contributed by atoms with Crippen LogP contribution in [0, 0.1) is 6.92 Å². The summed E-state index contributed by atoms with van der Waals surface area (Å²) in [6.07, 6.45) is 0.345. The lowest BCUT2D eigenvalue weighted by molar-refractivity contribution is -0.139. The standard InChI is InChI=1S/C16H17N3O3/c1-10-18-12-7-13(16(21)22)17-8-14(12)19(10)9-15(20)11-5-3-2-4-6-11/h2-6,13,17H,7-9H2,1H3,(H,21,22). The predicted molar refractivity (Wildman–Crippen MR) is 79.7 cm³/mol. The number of aromatic nitrogens is 2. The molecule has 2 N–H and O–H groups in total. The summed E-state index contributed by atoms with van der Waals surface area (Å²) in [5.74, 6) is -0.121. The number of benzene rings is 1. The van der Waals surface area contributed by atoms with Crippen LogP contribution in [0.2, 0.25) is 0 Å². The van der Waals surface area contributed by atoms with Crippen LogP contribution in [0.3, 0.4) is 0 Å². The third kappa shape index (κ3) is 2.65. The van der Waals surface area contributed by atoms with Gasteiger partial charge in [0.05, 0.1) is 17.9 Å². The van der Waals surface area contributed by atoms with Gasteiger partial charge in [0.2, 0.25) is 0 Å². The van der Waals surface area contributed by atoms with Crippen molar-refractivity contribution in [1.29, 1.82) is 0 Å². The highest BCUT2D eigenvalue weighted by molar-refractivity contribution is 5.95. The van der Waals surface area contributed by atoms with E-state index in [2.05, 4.69) is 10.3 Å². The van der Waals surface area contributed by atoms with E-state index in [1.807, 2.05) is 29.7 Å². The first-order chi connectivity index (χ1) is 10.6. The molecule has 0 saturated heterocycles. The largest absolute Gasteiger partial charge is 0.480 e. The number of hydrogen-bond acceptors (Lipinski definition) is 4. The Morgan fingerprint density at radius 3 is 2.77 bits per heavy atom. The van der Waals surface area contributed by atoms with Gasteiger partial charge in [0.25, 0.3) is 0 Å². The number of carboxylic acids is 1. The summed E-state index contributed by atoms with van der Waals surface area (Å²) in [7, 11) is 0. The van der Waals surface area contributed by atoms with Crippen LogP contribution < -0.4 is 5.32 Å². The third-order valence-corrected chi connectivity index (χ3v) is 3.96. The minimum Gasteiger partial charge on any atom is -0.480 e. The Morgan fingerprint density at radius 1 is 1.36 bits per heavy atom. The molecule has 1 aliphatic heterocycles. The first-order valence-electron chi connectivity index (χ1n) is 7.15. The van der Waals surface area contributed by atoms with Crippen LogP contribution in [0.4, 0.5) is 0 Å². The maximum absolute atomic E-state index is 12.4. The van der Waals surface area contributed by atoms with E-state index in [-0.39, 0.29) is 12.3 Å². The molecule has 1 aromatic heterocycles. The quantitative estimate of drug-likeness (QED) is 0.828. The van der Waals surface area contributed by atoms with Gasteiger partial charge >= 0.3 is 5.97 Å². The highest BCUT2D eigenvalue weighted by atomic mass is 16.4. The number of rotatable bonds is 4. The number of imidazole rings is 1. The maximum atomic E-state index is 12.4. The van der Waals surface area contributed by atoms with E-state index < -0.39 is 12.0 Å². The monoisotopic (exact) mass is 299 g/mol. The number of carboxylic acid groups (broad SMARTS) is 1. The number of fused-ring (bicyclic) bond motifs is 1. The Labute approximate surface area is 127 Å². The molecular weight excluding hydrogens is 282 g/mol. The fourth-order valence-corrected chi connectivity index (χ4v) is 2.76. The lowest BCUT2D eigenvalue weighted by atomic mass is 10.1. The van der Waals surface area contributed by atoms with E-state index >= 15 is 0 Å². The van der Waals surface area contributed by atoms with E-state index in [9.17, 15) is 9.59 Å². The van der Waals surface area contributed by atoms with Crippen LogP contribution >= 0.6 is 0 Å². The Hall–Kier alpha value is -2.47. The van der Waals surface area contributed by atoms with Gasteiger partial charge in [0, 0.05) is 18.5 Å². The van der Waals surface area contributed by atoms with Crippen LogP contribution in [0.1, 0.15) is 27.6 Å². The molecule has 22 heavy (non-hydrogen) atoms. The summed E-state index contributed by atoms with van der Waals surface area (Å²) in [6.45, 7) is 2.47. The summed E-state index contributed by atoms with van der Waals surface area (Å²) in [5, 5.41) is 12.1. The fourth-order valence-electron chi connectivity index (χ4n) is 2.76. The van der Waals surface area contributed by atoms with E-state index in [1.54, 1.807) is 12.1 Å². The Balaban J connectivity index is 1.84. The first-order valence-corrected chi connectivity index (χ1v) is 7.15. The number of carbonyl (C=O) groups is 2. The van der Waals surface area contributed by atoms with Crippen molar-refractivity contribution in [1.82, 2.24) is 14.9 Å². The minimum absolute atomic E-state index is 0.0178. The van der Waals surface area contributed by atoms with E-state index in [4.69, 9.17) is 5.11 Å². The fraction of sp³-hybridized carbons (Fsp3) is 0.312. The molecule has 0 radical (unpaired) electrons. The molecule has 1 unspecified atom stereocenters. The number of hydrogen-bond donors (Lipinski definition) is 2. The molecule has 1 aliphatic rings. The summed E-state index contributed by atoms with van der Waals surface area (Å²) >= 11 is 0. The Kier molecular flexibility index (Phi) is 3.77. The normalized spacial score (nSPS) is 17.0. The van der Waals surface area contributed by atoms with E-state index in [0.29, 0.717) is 18.5 Å². The lowest BCUT2D eigenvalue weighted by Crippen LogP contribution is -2.42. The van der Waals surface area contributed by atoms with E-state index in [1.165, 1.54) is 0 Å². The molecule has 3 rings (SSSR count). The van der Waals surface area contributed by atoms with Crippen molar-refractivity contribution < 1.29 is 14.7 Å². The zero-order chi connectivity index (χ0) is 15.7. The van der Waals surface area contributed by atoms with Crippen LogP contribution in [0.15, 0.2) is 30.3 Å². The van der Waals surface area contributed by atoms with Crippen molar-refractivity contribution >= 4 is 11.8 Å². The highest BCUT2D eigenvalue weighted by Crippen LogP contribution is 2.19. The maximum Gasteiger partial charge on any atom is 0.321 e. The van der Waals surface area contributed by atoms with Gasteiger partial charge in [-0.25, -0.2) is 4.98 Å². The molecule has 1 aromatic carbocycles. The molecule has 0 saturated carbocycles. The van der Waals surface area contributed by atoms with Gasteiger partial charge < -0.3 is 9.67 Å². The van der Waals surface area contributed by atoms with Gasteiger partial charge in [-0.05, 0) is 6.92 Å². The molecule has 0 aliphatic carbocycles. The molecule has 0 bridgehead atoms. The van der Waals surface area contributed by atoms with Gasteiger partial charge in [0.15, 0.2) is 5.78 Å². The number of nitrogens with one attached hydrogen (secondary N) is 1. The van der Waals surface area contributed by atoms with Gasteiger partial charge in [-0.2, -0.15) is 0 Å². The number of aryl methyl sites for hydroxylation is 1. The molecule has 0 fully saturated rings. The summed E-state index contributed by atoms with van der Waals surface area (Å²) in [6, 6.07) is 8.52. The Bertz CT molecular complexity index is 722. The predicted octanol–water partition coefficient (Wildman–Crippen LogP) is 1.17. The molecule has 0 amide bonds. The molecule has 1 atom stereocenters. The van der Waals surface area contributed by atoms with Crippen molar-refractivity contribution in [3.8, 4) is 0 Å². The molecular formula is C16H17N3O3. The first kappa shape index (κ1) is 14.5. The molecule has 6 nitrogen and oxygen atoms in total. The molecule has 6 heteroatoms. The second-order valence-corrected chi connectivity index (χ2v) is 5.40. The van der Waals surface area contributed by atoms with Crippen LogP contribution in [-0.2, 0) is 24.3 Å². The summed E-state index contributed by atoms with van der Waals surface area (Å²) < 4.78 is 1.87. The number of Topliss-reactive ketones (excluding diaryl/α,β-unsaturated/α-hetero) is 1. The number of nitrogens with zero attached hydrogens (tertiary/aromatic N) is 2. The van der Waals surface area contributed by atoms with Crippen LogP contribution in [0.5, 0.6) is 0 Å². The second kappa shape index (κ2) is 5.73. The average molecular weight is 299 g/mol. The van der Waals surface area contributed by atoms with Gasteiger partial charge in [-0.3, -0.25) is 14.9 Å². The van der Waals surface area contributed by atoms with Crippen LogP contribution in [-0.4, -0.2) is 32.5 Å². The number of ketones is 1. The summed E-state index contributed by atoms with van der Waals surface area (Å²) in [4.78, 5) is 27.9. The SMILES string of the molecule is Cc1nc2c(n1CC(=O)c1ccccc1)CNC(C(=O)O)C2. The highest BCUT2D eigenvalue weighted by Gasteiger charge is 2.28. The molecule has 2 aromatic rings. The topological polar surface area (TPSA) is 84.2 Å². The molecule has 0 spiro atoms. The lowest BCUT2D eigenvalue weighted by Gasteiger charge is -2.21.